The molecule has 0 fully saturated rings. The Labute approximate surface area is 267 Å². The van der Waals surface area contributed by atoms with Crippen LogP contribution >= 0.6 is 0 Å². The van der Waals surface area contributed by atoms with Gasteiger partial charge in [-0.1, -0.05) is 20.8 Å². The number of ether oxygens (including phenoxy) is 2. The number of carbonyl (C=O) groups excluding carboxylic acids is 4. The van der Waals surface area contributed by atoms with Crippen molar-refractivity contribution >= 4 is 45.6 Å². The third kappa shape index (κ3) is 4.77. The molecule has 1 aliphatic carbocycles. The summed E-state index contributed by atoms with van der Waals surface area (Å²) in [6.07, 6.45) is 1.39. The van der Waals surface area contributed by atoms with E-state index in [1.165, 1.54) is 14.2 Å². The molecule has 0 saturated heterocycles. The number of rotatable bonds is 6. The lowest BCUT2D eigenvalue weighted by atomic mass is 9.84. The molecule has 5 heterocycles. The number of ketones is 2. The number of methoxy groups -OCH3 is 2. The number of nitrogens with zero attached hydrogens (tertiary/aromatic N) is 2. The highest BCUT2D eigenvalue weighted by atomic mass is 16.5. The van der Waals surface area contributed by atoms with Gasteiger partial charge in [-0.25, -0.2) is 0 Å². The van der Waals surface area contributed by atoms with Crippen molar-refractivity contribution in [1.82, 2.24) is 19.9 Å². The predicted octanol–water partition coefficient (Wildman–Crippen LogP) is 6.72. The van der Waals surface area contributed by atoms with E-state index in [4.69, 9.17) is 19.4 Å². The van der Waals surface area contributed by atoms with Crippen molar-refractivity contribution in [3.05, 3.63) is 68.8 Å². The standard InChI is InChI=1S/C36H40N4O6/c1-9-20-15(2)22-14-27-29(19(6)41)17(4)24(38-27)12-23-16(3)21(10-11-28(42)45-7)33(39-23)31-32(36(44)46-8)35(43)30-18(5)25(40-34(30)31)13-26(20)37-22/h12-16,20-21,32,38,40H,9-11H2,1-8H3/t15-,16+,20-,21+,32-/m1/s1/i37+1,38+1,39+1,40+1. The summed E-state index contributed by atoms with van der Waals surface area (Å²) < 4.78 is 10.1. The number of nitrogens with one attached hydrogen (secondary N) is 2. The molecule has 6 rings (SSSR count). The van der Waals surface area contributed by atoms with Gasteiger partial charge in [-0.2, -0.15) is 0 Å². The Morgan fingerprint density at radius 2 is 1.48 bits per heavy atom. The molecule has 8 bridgehead atoms. The second-order valence-corrected chi connectivity index (χ2v) is 12.8. The Morgan fingerprint density at radius 1 is 0.848 bits per heavy atom. The Balaban J connectivity index is 1.79. The lowest BCUT2D eigenvalue weighted by molar-refractivity contribution is -0.142. The smallest absolute Gasteiger partial charge is 0.321 e. The first-order valence-corrected chi connectivity index (χ1v) is 15.9. The van der Waals surface area contributed by atoms with Gasteiger partial charge >= 0.3 is 11.9 Å². The molecule has 2 N–H and O–H groups in total. The molecule has 0 unspecified atom stereocenters. The minimum absolute atomic E-state index is 0.0565. The molecular formula is C36H40N4O6. The highest BCUT2D eigenvalue weighted by Gasteiger charge is 2.45. The van der Waals surface area contributed by atoms with Gasteiger partial charge in [0.15, 0.2) is 11.6 Å². The summed E-state index contributed by atoms with van der Waals surface area (Å²) in [5.41, 5.74) is 8.84. The number of aromatic amines is 2. The van der Waals surface area contributed by atoms with Crippen molar-refractivity contribution in [2.75, 3.05) is 14.2 Å². The molecule has 3 aliphatic rings. The number of H-pyrrole nitrogens is 2. The molecule has 0 amide bonds. The van der Waals surface area contributed by atoms with Gasteiger partial charge in [0.2, 0.25) is 0 Å². The summed E-state index contributed by atoms with van der Waals surface area (Å²) in [4.78, 5) is 69.8. The first-order valence-electron chi connectivity index (χ1n) is 15.9. The van der Waals surface area contributed by atoms with Crippen LogP contribution in [0.4, 0.5) is 0 Å². The van der Waals surface area contributed by atoms with Crippen LogP contribution in [0, 0.1) is 13.8 Å². The third-order valence-electron chi connectivity index (χ3n) is 10.3. The summed E-state index contributed by atoms with van der Waals surface area (Å²) in [6.45, 7) is 11.7. The van der Waals surface area contributed by atoms with Gasteiger partial charge in [0, 0.05) is 74.9 Å². The molecular weight excluding hydrogens is 588 g/mol. The second kappa shape index (κ2) is 11.6. The molecule has 10 heteroatoms. The highest BCUT2D eigenvalue weighted by Crippen LogP contribution is 2.48. The van der Waals surface area contributed by atoms with Crippen molar-refractivity contribution in [3.63, 3.8) is 0 Å². The molecule has 46 heavy (non-hydrogen) atoms. The predicted molar refractivity (Wildman–Crippen MR) is 173 cm³/mol. The molecule has 5 atom stereocenters. The first-order chi connectivity index (χ1) is 21.9. The molecule has 3 aromatic heterocycles. The molecule has 10 nitrogen and oxygen atoms in total. The van der Waals surface area contributed by atoms with Crippen LogP contribution in [-0.2, 0) is 19.1 Å². The first kappa shape index (κ1) is 31.4. The highest BCUT2D eigenvalue weighted by molar-refractivity contribution is 6.23. The summed E-state index contributed by atoms with van der Waals surface area (Å²) >= 11 is 0. The number of Topliss-reactive ketones (excluding diaryl/α,β-unsaturated/α-hetero) is 2. The van der Waals surface area contributed by atoms with Crippen LogP contribution in [0.2, 0.25) is 0 Å². The molecule has 2 aliphatic heterocycles. The Kier molecular flexibility index (Phi) is 7.94. The van der Waals surface area contributed by atoms with Crippen molar-refractivity contribution in [2.24, 2.45) is 0 Å². The number of aromatic nitrogens is 4. The zero-order chi connectivity index (χ0) is 33.2. The number of aryl methyl sites for hydroxylation is 2. The fourth-order valence-corrected chi connectivity index (χ4v) is 7.71. The van der Waals surface area contributed by atoms with Crippen LogP contribution in [0.5, 0.6) is 0 Å². The van der Waals surface area contributed by atoms with Crippen LogP contribution in [-0.4, -0.2) is 57.7 Å². The third-order valence-corrected chi connectivity index (χ3v) is 10.3. The number of hydrogen-bond acceptors (Lipinski definition) is 8. The minimum Gasteiger partial charge on any atom is -0.469 e. The van der Waals surface area contributed by atoms with E-state index in [1.807, 2.05) is 39.0 Å². The van der Waals surface area contributed by atoms with Crippen molar-refractivity contribution < 1.29 is 28.7 Å². The summed E-state index contributed by atoms with van der Waals surface area (Å²) in [5.74, 6) is -2.84. The van der Waals surface area contributed by atoms with Gasteiger partial charge in [-0.15, -0.1) is 0 Å². The second-order valence-electron chi connectivity index (χ2n) is 12.8. The number of fused-ring (bicyclic) bond motifs is 8. The Bertz CT molecular complexity index is 1990. The average molecular weight is 629 g/mol. The molecule has 0 radical (unpaired) electrons. The van der Waals surface area contributed by atoms with Gasteiger partial charge in [-0.3, -0.25) is 29.1 Å². The van der Waals surface area contributed by atoms with Gasteiger partial charge in [0.25, 0.3) is 0 Å². The van der Waals surface area contributed by atoms with E-state index in [1.54, 1.807) is 6.92 Å². The zero-order valence-electron chi connectivity index (χ0n) is 27.6. The van der Waals surface area contributed by atoms with Crippen LogP contribution in [0.25, 0.3) is 22.1 Å². The van der Waals surface area contributed by atoms with E-state index in [0.717, 1.165) is 40.0 Å². The van der Waals surface area contributed by atoms with E-state index in [-0.39, 0.29) is 47.6 Å². The maximum absolute atomic E-state index is 14.1. The van der Waals surface area contributed by atoms with E-state index >= 15 is 0 Å². The molecule has 240 valence electrons. The van der Waals surface area contributed by atoms with E-state index in [2.05, 4.69) is 23.8 Å². The van der Waals surface area contributed by atoms with E-state index in [9.17, 15) is 19.2 Å². The van der Waals surface area contributed by atoms with Crippen molar-refractivity contribution in [2.45, 2.75) is 90.4 Å². The lowest BCUT2D eigenvalue weighted by Gasteiger charge is -2.18. The quantitative estimate of drug-likeness (QED) is 0.174. The van der Waals surface area contributed by atoms with Gasteiger partial charge in [0.05, 0.1) is 30.9 Å². The molecule has 3 aromatic rings. The van der Waals surface area contributed by atoms with Crippen molar-refractivity contribution in [1.29, 1.82) is 0 Å². The fourth-order valence-electron chi connectivity index (χ4n) is 7.71. The van der Waals surface area contributed by atoms with Crippen LogP contribution in [0.3, 0.4) is 0 Å². The van der Waals surface area contributed by atoms with Crippen LogP contribution in [0.15, 0.2) is 18.2 Å². The SMILES string of the molecule is CC[C@H]1c2cc3[15nH]c4c(c3C)C(=O)[C@H](C(=O)OC)c4c3[15n]c(cc4[15nH]c(cc([15n]2)[C@@H]1C)c(C(C)=O)c4C)[C@@H](C)[C@@H]3CCC(=O)OC. The van der Waals surface area contributed by atoms with Crippen LogP contribution in [0.1, 0.15) is 137 Å². The van der Waals surface area contributed by atoms with Gasteiger partial charge in [-0.05, 0) is 62.9 Å². The number of carbonyl (C=O) groups is 4. The van der Waals surface area contributed by atoms with Crippen molar-refractivity contribution in [3.8, 4) is 0 Å². The maximum atomic E-state index is 14.1. The number of esters is 2. The maximum Gasteiger partial charge on any atom is 0.321 e. The Morgan fingerprint density at radius 3 is 2.13 bits per heavy atom. The summed E-state index contributed by atoms with van der Waals surface area (Å²) in [7, 11) is 2.63. The van der Waals surface area contributed by atoms with E-state index < -0.39 is 11.9 Å². The molecule has 0 spiro atoms. The zero-order valence-corrected chi connectivity index (χ0v) is 27.6. The monoisotopic (exact) mass is 628 g/mol. The largest absolute Gasteiger partial charge is 0.469 e. The normalized spacial score (nSPS) is 21.8. The summed E-state index contributed by atoms with van der Waals surface area (Å²) in [5, 5.41) is 0. The van der Waals surface area contributed by atoms with Gasteiger partial charge in [0.1, 0.15) is 5.92 Å². The van der Waals surface area contributed by atoms with Gasteiger partial charge < -0.3 is 19.4 Å². The van der Waals surface area contributed by atoms with Crippen LogP contribution < -0.4 is 0 Å². The Hall–Kier alpha value is -4.60. The number of hydrogen-bond donors (Lipinski definition) is 2. The average Bonchev–Trinajstić information content (AvgIpc) is 3.76. The topological polar surface area (TPSA) is 144 Å². The minimum atomic E-state index is -1.19. The summed E-state index contributed by atoms with van der Waals surface area (Å²) in [6, 6.07) is 5.92. The fraction of sp³-hybridized carbons (Fsp3) is 0.444. The lowest BCUT2D eigenvalue weighted by Crippen LogP contribution is -2.21. The van der Waals surface area contributed by atoms with E-state index in [0.29, 0.717) is 45.5 Å². The molecule has 0 saturated carbocycles. The molecule has 0 aromatic carbocycles.